The van der Waals surface area contributed by atoms with Gasteiger partial charge in [-0.1, -0.05) is 6.07 Å². The van der Waals surface area contributed by atoms with E-state index in [9.17, 15) is 18.0 Å². The fourth-order valence-electron chi connectivity index (χ4n) is 2.93. The standard InChI is InChI=1S/C21H20F3N5O/c1-12-6-17(22)15(14-9-26-29(10-14)11-20(23)24)7-19(12)28-21(30)16(8-25)18-5-3-4-13(2)27-18/h3-10,20H,11,25H2,1-2H3,(H,28,30)/b16-8+. The maximum absolute atomic E-state index is 14.5. The van der Waals surface area contributed by atoms with E-state index in [1.165, 1.54) is 24.5 Å². The van der Waals surface area contributed by atoms with Gasteiger partial charge in [0.15, 0.2) is 0 Å². The van der Waals surface area contributed by atoms with Crippen LogP contribution in [-0.4, -0.2) is 27.1 Å². The fraction of sp³-hybridized carbons (Fsp3) is 0.190. The number of nitrogens with one attached hydrogen (secondary N) is 1. The van der Waals surface area contributed by atoms with Crippen LogP contribution in [0.4, 0.5) is 18.9 Å². The number of benzene rings is 1. The molecule has 30 heavy (non-hydrogen) atoms. The molecule has 3 N–H and O–H groups in total. The molecule has 0 saturated heterocycles. The Morgan fingerprint density at radius 3 is 2.73 bits per heavy atom. The first-order valence-electron chi connectivity index (χ1n) is 9.07. The summed E-state index contributed by atoms with van der Waals surface area (Å²) in [7, 11) is 0. The minimum Gasteiger partial charge on any atom is -0.404 e. The average molecular weight is 415 g/mol. The molecular formula is C21H20F3N5O. The third-order valence-corrected chi connectivity index (χ3v) is 4.41. The number of rotatable bonds is 6. The van der Waals surface area contributed by atoms with E-state index < -0.39 is 24.7 Å². The van der Waals surface area contributed by atoms with Crippen molar-refractivity contribution in [2.45, 2.75) is 26.8 Å². The Bertz CT molecular complexity index is 1110. The Kier molecular flexibility index (Phi) is 6.20. The van der Waals surface area contributed by atoms with Crippen molar-refractivity contribution < 1.29 is 18.0 Å². The summed E-state index contributed by atoms with van der Waals surface area (Å²) in [5.74, 6) is -1.07. The number of aryl methyl sites for hydroxylation is 2. The predicted octanol–water partition coefficient (Wildman–Crippen LogP) is 3.90. The Balaban J connectivity index is 1.90. The summed E-state index contributed by atoms with van der Waals surface area (Å²) in [6, 6.07) is 7.90. The van der Waals surface area contributed by atoms with Gasteiger partial charge in [-0.05, 0) is 43.7 Å². The second-order valence-electron chi connectivity index (χ2n) is 6.69. The highest BCUT2D eigenvalue weighted by Crippen LogP contribution is 2.29. The molecule has 2 aromatic heterocycles. The van der Waals surface area contributed by atoms with Crippen LogP contribution in [0.15, 0.2) is 48.9 Å². The molecule has 1 amide bonds. The van der Waals surface area contributed by atoms with Crippen LogP contribution in [0.5, 0.6) is 0 Å². The fourth-order valence-corrected chi connectivity index (χ4v) is 2.93. The van der Waals surface area contributed by atoms with Crippen LogP contribution in [0.25, 0.3) is 16.7 Å². The summed E-state index contributed by atoms with van der Waals surface area (Å²) in [5.41, 5.74) is 8.21. The molecule has 156 valence electrons. The van der Waals surface area contributed by atoms with Crippen LogP contribution in [0.3, 0.4) is 0 Å². The monoisotopic (exact) mass is 415 g/mol. The van der Waals surface area contributed by atoms with E-state index >= 15 is 0 Å². The Hall–Kier alpha value is -3.62. The first-order chi connectivity index (χ1) is 14.3. The van der Waals surface area contributed by atoms with Crippen molar-refractivity contribution in [2.75, 3.05) is 5.32 Å². The minimum absolute atomic E-state index is 0.128. The highest BCUT2D eigenvalue weighted by atomic mass is 19.3. The number of nitrogens with zero attached hydrogens (tertiary/aromatic N) is 3. The molecule has 6 nitrogen and oxygen atoms in total. The largest absolute Gasteiger partial charge is 0.404 e. The summed E-state index contributed by atoms with van der Waals surface area (Å²) in [5, 5.41) is 6.54. The zero-order valence-electron chi connectivity index (χ0n) is 16.4. The lowest BCUT2D eigenvalue weighted by Crippen LogP contribution is -2.16. The molecule has 0 radical (unpaired) electrons. The number of pyridine rings is 1. The molecule has 0 aliphatic carbocycles. The second-order valence-corrected chi connectivity index (χ2v) is 6.69. The van der Waals surface area contributed by atoms with E-state index in [0.717, 1.165) is 16.6 Å². The number of hydrogen-bond acceptors (Lipinski definition) is 4. The van der Waals surface area contributed by atoms with Gasteiger partial charge in [-0.2, -0.15) is 5.10 Å². The van der Waals surface area contributed by atoms with Crippen molar-refractivity contribution in [3.8, 4) is 11.1 Å². The lowest BCUT2D eigenvalue weighted by atomic mass is 10.0. The first-order valence-corrected chi connectivity index (χ1v) is 9.07. The molecule has 0 unspecified atom stereocenters. The minimum atomic E-state index is -2.58. The maximum Gasteiger partial charge on any atom is 0.259 e. The van der Waals surface area contributed by atoms with Crippen LogP contribution in [0.2, 0.25) is 0 Å². The Labute approximate surface area is 171 Å². The second kappa shape index (κ2) is 8.81. The van der Waals surface area contributed by atoms with Gasteiger partial charge in [0.1, 0.15) is 12.4 Å². The smallest absolute Gasteiger partial charge is 0.259 e. The van der Waals surface area contributed by atoms with Crippen LogP contribution in [0, 0.1) is 19.7 Å². The zero-order chi connectivity index (χ0) is 21.8. The first kappa shape index (κ1) is 21.1. The van der Waals surface area contributed by atoms with Gasteiger partial charge in [0.05, 0.1) is 17.5 Å². The highest BCUT2D eigenvalue weighted by molar-refractivity contribution is 6.24. The van der Waals surface area contributed by atoms with Gasteiger partial charge in [-0.3, -0.25) is 14.5 Å². The number of aromatic nitrogens is 3. The number of alkyl halides is 2. The van der Waals surface area contributed by atoms with E-state index in [1.807, 2.05) is 0 Å². The van der Waals surface area contributed by atoms with Crippen LogP contribution in [-0.2, 0) is 11.3 Å². The molecule has 0 aliphatic heterocycles. The lowest BCUT2D eigenvalue weighted by molar-refractivity contribution is -0.111. The van der Waals surface area contributed by atoms with Crippen LogP contribution >= 0.6 is 0 Å². The van der Waals surface area contributed by atoms with Gasteiger partial charge in [0.2, 0.25) is 0 Å². The molecule has 0 bridgehead atoms. The zero-order valence-corrected chi connectivity index (χ0v) is 16.4. The number of carbonyl (C=O) groups excluding carboxylic acids is 1. The van der Waals surface area contributed by atoms with Gasteiger partial charge in [-0.15, -0.1) is 0 Å². The summed E-state index contributed by atoms with van der Waals surface area (Å²) < 4.78 is 40.6. The van der Waals surface area contributed by atoms with Crippen molar-refractivity contribution in [1.82, 2.24) is 14.8 Å². The summed E-state index contributed by atoms with van der Waals surface area (Å²) in [6.45, 7) is 2.84. The number of carbonyl (C=O) groups is 1. The lowest BCUT2D eigenvalue weighted by Gasteiger charge is -2.13. The molecule has 0 atom stereocenters. The average Bonchev–Trinajstić information content (AvgIpc) is 3.12. The number of anilines is 1. The number of halogens is 3. The van der Waals surface area contributed by atoms with Crippen molar-refractivity contribution >= 4 is 17.2 Å². The molecule has 0 fully saturated rings. The molecule has 9 heteroatoms. The Morgan fingerprint density at radius 2 is 2.07 bits per heavy atom. The van der Waals surface area contributed by atoms with E-state index in [0.29, 0.717) is 22.5 Å². The molecule has 3 rings (SSSR count). The Morgan fingerprint density at radius 1 is 1.30 bits per heavy atom. The highest BCUT2D eigenvalue weighted by Gasteiger charge is 2.17. The topological polar surface area (TPSA) is 85.8 Å². The van der Waals surface area contributed by atoms with Gasteiger partial charge < -0.3 is 11.1 Å². The predicted molar refractivity (Wildman–Crippen MR) is 108 cm³/mol. The SMILES string of the molecule is Cc1cccc(/C(=C\N)C(=O)Nc2cc(-c3cnn(CC(F)F)c3)c(F)cc2C)n1. The number of nitrogens with two attached hydrogens (primary N) is 1. The maximum atomic E-state index is 14.5. The quantitative estimate of drug-likeness (QED) is 0.598. The summed E-state index contributed by atoms with van der Waals surface area (Å²) in [6.07, 6.45) is 1.20. The van der Waals surface area contributed by atoms with Crippen molar-refractivity contribution in [1.29, 1.82) is 0 Å². The van der Waals surface area contributed by atoms with Crippen molar-refractivity contribution in [2.24, 2.45) is 5.73 Å². The van der Waals surface area contributed by atoms with Gasteiger partial charge in [0.25, 0.3) is 12.3 Å². The molecule has 0 aliphatic rings. The van der Waals surface area contributed by atoms with Crippen molar-refractivity contribution in [3.63, 3.8) is 0 Å². The van der Waals surface area contributed by atoms with E-state index in [4.69, 9.17) is 5.73 Å². The van der Waals surface area contributed by atoms with Crippen LogP contribution in [0.1, 0.15) is 17.0 Å². The van der Waals surface area contributed by atoms with E-state index in [2.05, 4.69) is 15.4 Å². The summed E-state index contributed by atoms with van der Waals surface area (Å²) >= 11 is 0. The number of amides is 1. The normalized spacial score (nSPS) is 11.7. The van der Waals surface area contributed by atoms with Crippen molar-refractivity contribution in [3.05, 3.63) is 71.7 Å². The molecule has 0 spiro atoms. The molecule has 0 saturated carbocycles. The van der Waals surface area contributed by atoms with Gasteiger partial charge >= 0.3 is 0 Å². The van der Waals surface area contributed by atoms with Gasteiger partial charge in [-0.25, -0.2) is 13.2 Å². The molecule has 3 aromatic rings. The van der Waals surface area contributed by atoms with Gasteiger partial charge in [0, 0.05) is 34.9 Å². The van der Waals surface area contributed by atoms with E-state index in [-0.39, 0.29) is 11.1 Å². The molecule has 1 aromatic carbocycles. The van der Waals surface area contributed by atoms with E-state index in [1.54, 1.807) is 32.0 Å². The molecule has 2 heterocycles. The molecular weight excluding hydrogens is 395 g/mol. The number of hydrogen-bond donors (Lipinski definition) is 2. The third kappa shape index (κ3) is 4.68. The summed E-state index contributed by atoms with van der Waals surface area (Å²) in [4.78, 5) is 17.1. The third-order valence-electron chi connectivity index (χ3n) is 4.41. The van der Waals surface area contributed by atoms with Crippen LogP contribution < -0.4 is 11.1 Å².